The molecule has 0 unspecified atom stereocenters. The summed E-state index contributed by atoms with van der Waals surface area (Å²) >= 11 is 0.934. The van der Waals surface area contributed by atoms with Gasteiger partial charge in [0, 0.05) is 7.05 Å². The van der Waals surface area contributed by atoms with E-state index in [9.17, 15) is 19.8 Å². The van der Waals surface area contributed by atoms with Crippen molar-refractivity contribution in [2.75, 3.05) is 11.9 Å². The van der Waals surface area contributed by atoms with Crippen molar-refractivity contribution >= 4 is 28.4 Å². The molecule has 0 atom stereocenters. The largest absolute Gasteiger partial charge is 0.507 e. The molecular formula is C13H12N2O4S. The number of phenols is 1. The van der Waals surface area contributed by atoms with E-state index in [1.165, 1.54) is 24.1 Å². The predicted molar refractivity (Wildman–Crippen MR) is 74.7 cm³/mol. The molecule has 6 nitrogen and oxygen atoms in total. The van der Waals surface area contributed by atoms with Crippen molar-refractivity contribution in [1.82, 2.24) is 4.37 Å². The second-order valence-corrected chi connectivity index (χ2v) is 4.89. The molecule has 1 heterocycles. The highest BCUT2D eigenvalue weighted by atomic mass is 32.1. The van der Waals surface area contributed by atoms with Crippen molar-refractivity contribution in [3.63, 3.8) is 0 Å². The highest BCUT2D eigenvalue weighted by Gasteiger charge is 2.25. The molecule has 0 saturated heterocycles. The minimum atomic E-state index is -1.14. The van der Waals surface area contributed by atoms with E-state index in [2.05, 4.69) is 4.37 Å². The number of aromatic hydroxyl groups is 1. The lowest BCUT2D eigenvalue weighted by Crippen LogP contribution is -2.27. The summed E-state index contributed by atoms with van der Waals surface area (Å²) in [5.41, 5.74) is 0.466. The summed E-state index contributed by atoms with van der Waals surface area (Å²) in [6.45, 7) is 1.57. The highest BCUT2D eigenvalue weighted by Crippen LogP contribution is 2.30. The number of hydrogen-bond donors (Lipinski definition) is 2. The highest BCUT2D eigenvalue weighted by molar-refractivity contribution is 7.11. The summed E-state index contributed by atoms with van der Waals surface area (Å²) < 4.78 is 3.96. The first-order valence-corrected chi connectivity index (χ1v) is 6.46. The maximum absolute atomic E-state index is 12.3. The van der Waals surface area contributed by atoms with Gasteiger partial charge in [0.2, 0.25) is 0 Å². The number of rotatable bonds is 3. The predicted octanol–water partition coefficient (Wildman–Crippen LogP) is 2.13. The number of amides is 1. The number of benzene rings is 1. The van der Waals surface area contributed by atoms with Crippen molar-refractivity contribution in [3.8, 4) is 5.75 Å². The first-order valence-electron chi connectivity index (χ1n) is 5.69. The normalized spacial score (nSPS) is 10.3. The zero-order chi connectivity index (χ0) is 14.9. The van der Waals surface area contributed by atoms with Crippen LogP contribution in [0.5, 0.6) is 5.75 Å². The fourth-order valence-electron chi connectivity index (χ4n) is 1.76. The third-order valence-electron chi connectivity index (χ3n) is 2.80. The average Bonchev–Trinajstić information content (AvgIpc) is 2.79. The minimum Gasteiger partial charge on any atom is -0.507 e. The lowest BCUT2D eigenvalue weighted by Gasteiger charge is -2.16. The Morgan fingerprint density at radius 1 is 1.30 bits per heavy atom. The van der Waals surface area contributed by atoms with E-state index in [1.807, 2.05) is 0 Å². The van der Waals surface area contributed by atoms with E-state index in [4.69, 9.17) is 0 Å². The summed E-state index contributed by atoms with van der Waals surface area (Å²) in [5, 5.41) is 19.1. The van der Waals surface area contributed by atoms with Gasteiger partial charge >= 0.3 is 5.97 Å². The topological polar surface area (TPSA) is 90.7 Å². The third kappa shape index (κ3) is 2.35. The number of nitrogens with zero attached hydrogens (tertiary/aromatic N) is 2. The van der Waals surface area contributed by atoms with Crippen LogP contribution in [0.15, 0.2) is 24.3 Å². The number of aromatic nitrogens is 1. The Kier molecular flexibility index (Phi) is 3.71. The number of para-hydroxylation sites is 1. The van der Waals surface area contributed by atoms with Gasteiger partial charge in [-0.3, -0.25) is 4.79 Å². The van der Waals surface area contributed by atoms with Crippen LogP contribution in [-0.4, -0.2) is 33.5 Å². The van der Waals surface area contributed by atoms with Gasteiger partial charge in [0.05, 0.1) is 11.3 Å². The molecule has 20 heavy (non-hydrogen) atoms. The van der Waals surface area contributed by atoms with Gasteiger partial charge in [-0.15, -0.1) is 0 Å². The molecule has 104 valence electrons. The molecule has 2 aromatic rings. The number of aryl methyl sites for hydroxylation is 1. The third-order valence-corrected chi connectivity index (χ3v) is 3.82. The number of aromatic carboxylic acids is 1. The van der Waals surface area contributed by atoms with E-state index in [-0.39, 0.29) is 21.9 Å². The summed E-state index contributed by atoms with van der Waals surface area (Å²) in [6.07, 6.45) is 0. The van der Waals surface area contributed by atoms with Crippen LogP contribution >= 0.6 is 11.5 Å². The van der Waals surface area contributed by atoms with Crippen LogP contribution in [0.1, 0.15) is 26.4 Å². The maximum Gasteiger partial charge on any atom is 0.340 e. The Hall–Kier alpha value is -2.41. The van der Waals surface area contributed by atoms with E-state index >= 15 is 0 Å². The average molecular weight is 292 g/mol. The van der Waals surface area contributed by atoms with E-state index in [1.54, 1.807) is 19.1 Å². The SMILES string of the molecule is Cc1nsc(N(C)C(=O)c2ccccc2O)c1C(=O)O. The molecule has 0 aliphatic heterocycles. The number of phenolic OH excluding ortho intramolecular Hbond substituents is 1. The smallest absolute Gasteiger partial charge is 0.340 e. The first kappa shape index (κ1) is 14.0. The van der Waals surface area contributed by atoms with Crippen LogP contribution in [0.3, 0.4) is 0 Å². The summed E-state index contributed by atoms with van der Waals surface area (Å²) in [7, 11) is 1.45. The van der Waals surface area contributed by atoms with Gasteiger partial charge in [0.25, 0.3) is 5.91 Å². The summed E-state index contributed by atoms with van der Waals surface area (Å²) in [5.74, 6) is -1.78. The second-order valence-electron chi connectivity index (χ2n) is 4.13. The van der Waals surface area contributed by atoms with Crippen molar-refractivity contribution in [2.24, 2.45) is 0 Å². The zero-order valence-electron chi connectivity index (χ0n) is 10.8. The summed E-state index contributed by atoms with van der Waals surface area (Å²) in [4.78, 5) is 24.7. The van der Waals surface area contributed by atoms with Crippen molar-refractivity contribution in [2.45, 2.75) is 6.92 Å². The van der Waals surface area contributed by atoms with Gasteiger partial charge in [-0.1, -0.05) is 12.1 Å². The van der Waals surface area contributed by atoms with E-state index < -0.39 is 11.9 Å². The Bertz CT molecular complexity index is 681. The fraction of sp³-hybridized carbons (Fsp3) is 0.154. The van der Waals surface area contributed by atoms with Gasteiger partial charge < -0.3 is 15.1 Å². The molecule has 0 radical (unpaired) electrons. The van der Waals surface area contributed by atoms with Gasteiger partial charge in [0.1, 0.15) is 16.3 Å². The molecule has 2 rings (SSSR count). The summed E-state index contributed by atoms with van der Waals surface area (Å²) in [6, 6.07) is 6.10. The number of carboxylic acid groups (broad SMARTS) is 1. The second kappa shape index (κ2) is 5.30. The molecule has 0 aliphatic carbocycles. The molecule has 0 saturated carbocycles. The first-order chi connectivity index (χ1) is 9.43. The molecule has 0 spiro atoms. The van der Waals surface area contributed by atoms with Gasteiger partial charge in [-0.05, 0) is 30.6 Å². The Labute approximate surface area is 119 Å². The number of hydrogen-bond acceptors (Lipinski definition) is 5. The number of carbonyl (C=O) groups is 2. The van der Waals surface area contributed by atoms with Gasteiger partial charge in [0.15, 0.2) is 0 Å². The van der Waals surface area contributed by atoms with Crippen LogP contribution in [0.4, 0.5) is 5.00 Å². The molecular weight excluding hydrogens is 280 g/mol. The van der Waals surface area contributed by atoms with Gasteiger partial charge in [-0.2, -0.15) is 4.37 Å². The molecule has 0 aliphatic rings. The number of carboxylic acids is 1. The van der Waals surface area contributed by atoms with E-state index in [0.717, 1.165) is 11.5 Å². The molecule has 0 bridgehead atoms. The molecule has 1 amide bonds. The molecule has 1 aromatic carbocycles. The van der Waals surface area contributed by atoms with Crippen molar-refractivity contribution in [1.29, 1.82) is 0 Å². The minimum absolute atomic E-state index is 0.00118. The number of carbonyl (C=O) groups excluding carboxylic acids is 1. The standard InChI is InChI=1S/C13H12N2O4S/c1-7-10(13(18)19)12(20-14-7)15(2)11(17)8-5-3-4-6-9(8)16/h3-6,16H,1-2H3,(H,18,19). The Balaban J connectivity index is 2.42. The Morgan fingerprint density at radius 3 is 2.55 bits per heavy atom. The lowest BCUT2D eigenvalue weighted by atomic mass is 10.1. The zero-order valence-corrected chi connectivity index (χ0v) is 11.6. The van der Waals surface area contributed by atoms with Crippen LogP contribution in [0.25, 0.3) is 0 Å². The van der Waals surface area contributed by atoms with Gasteiger partial charge in [-0.25, -0.2) is 4.79 Å². The van der Waals surface area contributed by atoms with E-state index in [0.29, 0.717) is 5.69 Å². The fourth-order valence-corrected chi connectivity index (χ4v) is 2.61. The maximum atomic E-state index is 12.3. The van der Waals surface area contributed by atoms with Crippen molar-refractivity contribution < 1.29 is 19.8 Å². The monoisotopic (exact) mass is 292 g/mol. The van der Waals surface area contributed by atoms with Crippen LogP contribution < -0.4 is 4.90 Å². The molecule has 7 heteroatoms. The number of anilines is 1. The molecule has 2 N–H and O–H groups in total. The van der Waals surface area contributed by atoms with Crippen LogP contribution in [-0.2, 0) is 0 Å². The quantitative estimate of drug-likeness (QED) is 0.904. The molecule has 0 fully saturated rings. The van der Waals surface area contributed by atoms with Crippen molar-refractivity contribution in [3.05, 3.63) is 41.1 Å². The molecule has 1 aromatic heterocycles. The Morgan fingerprint density at radius 2 is 1.95 bits per heavy atom. The lowest BCUT2D eigenvalue weighted by molar-refractivity contribution is 0.0697. The van der Waals surface area contributed by atoms with Crippen LogP contribution in [0.2, 0.25) is 0 Å². The van der Waals surface area contributed by atoms with Crippen LogP contribution in [0, 0.1) is 6.92 Å².